The van der Waals surface area contributed by atoms with Crippen LogP contribution in [-0.2, 0) is 15.8 Å². The summed E-state index contributed by atoms with van der Waals surface area (Å²) in [5.41, 5.74) is -0.229. The maximum Gasteiger partial charge on any atom is 0.417 e. The average molecular weight is 431 g/mol. The van der Waals surface area contributed by atoms with Gasteiger partial charge in [-0.25, -0.2) is 0 Å². The van der Waals surface area contributed by atoms with Crippen molar-refractivity contribution in [2.24, 2.45) is 5.92 Å². The van der Waals surface area contributed by atoms with Crippen LogP contribution < -0.4 is 10.6 Å². The molecule has 0 radical (unpaired) electrons. The Labute approximate surface area is 169 Å². The van der Waals surface area contributed by atoms with Crippen molar-refractivity contribution in [3.63, 3.8) is 0 Å². The quantitative estimate of drug-likeness (QED) is 0.757. The summed E-state index contributed by atoms with van der Waals surface area (Å²) in [6, 6.07) is 9.03. The van der Waals surface area contributed by atoms with Crippen LogP contribution in [0.3, 0.4) is 0 Å². The second kappa shape index (κ2) is 8.01. The van der Waals surface area contributed by atoms with E-state index >= 15 is 0 Å². The van der Waals surface area contributed by atoms with Gasteiger partial charge >= 0.3 is 6.18 Å². The number of halogens is 5. The van der Waals surface area contributed by atoms with Crippen LogP contribution in [0.2, 0.25) is 10.0 Å². The third-order valence-corrected chi connectivity index (χ3v) is 5.05. The molecule has 2 amide bonds. The summed E-state index contributed by atoms with van der Waals surface area (Å²) in [4.78, 5) is 24.0. The van der Waals surface area contributed by atoms with E-state index in [9.17, 15) is 22.8 Å². The van der Waals surface area contributed by atoms with Gasteiger partial charge in [0.1, 0.15) is 0 Å². The molecule has 3 rings (SSSR count). The Morgan fingerprint density at radius 1 is 1.11 bits per heavy atom. The second-order valence-electron chi connectivity index (χ2n) is 6.44. The Morgan fingerprint density at radius 2 is 1.75 bits per heavy atom. The van der Waals surface area contributed by atoms with Crippen molar-refractivity contribution in [2.75, 3.05) is 6.54 Å². The molecule has 2 atom stereocenters. The molecule has 4 nitrogen and oxygen atoms in total. The highest BCUT2D eigenvalue weighted by Crippen LogP contribution is 2.37. The van der Waals surface area contributed by atoms with E-state index in [1.165, 1.54) is 6.07 Å². The summed E-state index contributed by atoms with van der Waals surface area (Å²) in [6.07, 6.45) is -4.60. The molecule has 148 valence electrons. The molecule has 0 bridgehead atoms. The predicted octanol–water partition coefficient (Wildman–Crippen LogP) is 4.35. The monoisotopic (exact) mass is 430 g/mol. The van der Waals surface area contributed by atoms with Gasteiger partial charge in [0, 0.05) is 18.0 Å². The van der Waals surface area contributed by atoms with E-state index in [-0.39, 0.29) is 24.4 Å². The van der Waals surface area contributed by atoms with Crippen LogP contribution in [0.25, 0.3) is 0 Å². The summed E-state index contributed by atoms with van der Waals surface area (Å²) >= 11 is 11.6. The van der Waals surface area contributed by atoms with Gasteiger partial charge in [-0.3, -0.25) is 9.59 Å². The van der Waals surface area contributed by atoms with E-state index < -0.39 is 34.6 Å². The Kier molecular flexibility index (Phi) is 5.86. The number of alkyl halides is 3. The standard InChI is InChI=1S/C19H15Cl2F3N2O2/c20-13-4-1-10(2-5-13)17(26-18(28)12-8-16(27)25-9-12)11-3-6-15(21)14(7-11)19(22,23)24/h1-7,12,17H,8-9H2,(H,25,27)(H,26,28)/t12?,17-/m0/s1. The van der Waals surface area contributed by atoms with Crippen molar-refractivity contribution in [1.82, 2.24) is 10.6 Å². The van der Waals surface area contributed by atoms with Gasteiger partial charge in [-0.05, 0) is 35.4 Å². The van der Waals surface area contributed by atoms with E-state index in [2.05, 4.69) is 10.6 Å². The van der Waals surface area contributed by atoms with Crippen LogP contribution in [0.5, 0.6) is 0 Å². The summed E-state index contributed by atoms with van der Waals surface area (Å²) in [5, 5.41) is 5.33. The van der Waals surface area contributed by atoms with Gasteiger partial charge in [0.15, 0.2) is 0 Å². The van der Waals surface area contributed by atoms with E-state index in [4.69, 9.17) is 23.2 Å². The average Bonchev–Trinajstić information content (AvgIpc) is 3.07. The molecule has 1 aliphatic rings. The number of hydrogen-bond donors (Lipinski definition) is 2. The Bertz CT molecular complexity index is 901. The highest BCUT2D eigenvalue weighted by molar-refractivity contribution is 6.31. The van der Waals surface area contributed by atoms with Crippen molar-refractivity contribution in [3.8, 4) is 0 Å². The lowest BCUT2D eigenvalue weighted by atomic mass is 9.95. The lowest BCUT2D eigenvalue weighted by molar-refractivity contribution is -0.137. The SMILES string of the molecule is O=C1CC(C(=O)N[C@@H](c2ccc(Cl)cc2)c2ccc(Cl)c(C(F)(F)F)c2)CN1. The first-order valence-electron chi connectivity index (χ1n) is 8.34. The molecule has 1 heterocycles. The molecule has 1 fully saturated rings. The molecule has 28 heavy (non-hydrogen) atoms. The predicted molar refractivity (Wildman–Crippen MR) is 99.0 cm³/mol. The zero-order valence-corrected chi connectivity index (χ0v) is 15.8. The maximum atomic E-state index is 13.3. The fourth-order valence-corrected chi connectivity index (χ4v) is 3.36. The minimum Gasteiger partial charge on any atom is -0.355 e. The molecule has 0 spiro atoms. The zero-order chi connectivity index (χ0) is 20.5. The number of carbonyl (C=O) groups excluding carboxylic acids is 2. The second-order valence-corrected chi connectivity index (χ2v) is 7.28. The number of benzene rings is 2. The fraction of sp³-hybridized carbons (Fsp3) is 0.263. The molecular weight excluding hydrogens is 416 g/mol. The van der Waals surface area contributed by atoms with Gasteiger partial charge in [-0.1, -0.05) is 41.4 Å². The van der Waals surface area contributed by atoms with Crippen LogP contribution in [-0.4, -0.2) is 18.4 Å². The number of amides is 2. The highest BCUT2D eigenvalue weighted by Gasteiger charge is 2.35. The van der Waals surface area contributed by atoms with Crippen molar-refractivity contribution < 1.29 is 22.8 Å². The lowest BCUT2D eigenvalue weighted by Gasteiger charge is -2.23. The molecule has 0 aliphatic carbocycles. The molecule has 0 aromatic heterocycles. The van der Waals surface area contributed by atoms with Crippen molar-refractivity contribution in [2.45, 2.75) is 18.6 Å². The van der Waals surface area contributed by atoms with Gasteiger partial charge in [0.25, 0.3) is 0 Å². The van der Waals surface area contributed by atoms with E-state index in [0.717, 1.165) is 12.1 Å². The molecule has 1 unspecified atom stereocenters. The first-order chi connectivity index (χ1) is 13.1. The van der Waals surface area contributed by atoms with Crippen LogP contribution in [0.4, 0.5) is 13.2 Å². The minimum absolute atomic E-state index is 0.0353. The van der Waals surface area contributed by atoms with Crippen molar-refractivity contribution in [3.05, 3.63) is 69.2 Å². The van der Waals surface area contributed by atoms with Crippen molar-refractivity contribution >= 4 is 35.0 Å². The number of carbonyl (C=O) groups is 2. The Hall–Kier alpha value is -2.25. The molecule has 2 N–H and O–H groups in total. The molecule has 9 heteroatoms. The molecule has 2 aromatic carbocycles. The third-order valence-electron chi connectivity index (χ3n) is 4.47. The normalized spacial score (nSPS) is 17.9. The van der Waals surface area contributed by atoms with Crippen LogP contribution in [0, 0.1) is 5.92 Å². The van der Waals surface area contributed by atoms with E-state index in [1.807, 2.05) is 0 Å². The smallest absolute Gasteiger partial charge is 0.355 e. The van der Waals surface area contributed by atoms with Crippen molar-refractivity contribution in [1.29, 1.82) is 0 Å². The zero-order valence-electron chi connectivity index (χ0n) is 14.3. The van der Waals surface area contributed by atoms with Crippen LogP contribution in [0.1, 0.15) is 29.2 Å². The summed E-state index contributed by atoms with van der Waals surface area (Å²) in [7, 11) is 0. The van der Waals surface area contributed by atoms with Gasteiger partial charge < -0.3 is 10.6 Å². The fourth-order valence-electron chi connectivity index (χ4n) is 3.00. The first-order valence-corrected chi connectivity index (χ1v) is 9.10. The molecule has 0 saturated carbocycles. The molecular formula is C19H15Cl2F3N2O2. The van der Waals surface area contributed by atoms with Gasteiger partial charge in [0.05, 0.1) is 22.5 Å². The Balaban J connectivity index is 1.98. The number of nitrogens with one attached hydrogen (secondary N) is 2. The summed E-state index contributed by atoms with van der Waals surface area (Å²) in [5.74, 6) is -1.26. The third kappa shape index (κ3) is 4.59. The topological polar surface area (TPSA) is 58.2 Å². The summed E-state index contributed by atoms with van der Waals surface area (Å²) < 4.78 is 39.8. The minimum atomic E-state index is -4.64. The van der Waals surface area contributed by atoms with E-state index in [1.54, 1.807) is 24.3 Å². The molecule has 1 aliphatic heterocycles. The maximum absolute atomic E-state index is 13.3. The van der Waals surface area contributed by atoms with Crippen LogP contribution in [0.15, 0.2) is 42.5 Å². The number of hydrogen-bond acceptors (Lipinski definition) is 2. The first kappa shape index (κ1) is 20.5. The highest BCUT2D eigenvalue weighted by atomic mass is 35.5. The Morgan fingerprint density at radius 3 is 2.32 bits per heavy atom. The van der Waals surface area contributed by atoms with Gasteiger partial charge in [-0.15, -0.1) is 0 Å². The lowest BCUT2D eigenvalue weighted by Crippen LogP contribution is -2.35. The van der Waals surface area contributed by atoms with Gasteiger partial charge in [0.2, 0.25) is 11.8 Å². The van der Waals surface area contributed by atoms with E-state index in [0.29, 0.717) is 10.6 Å². The van der Waals surface area contributed by atoms with Crippen LogP contribution >= 0.6 is 23.2 Å². The molecule has 1 saturated heterocycles. The number of rotatable bonds is 4. The summed E-state index contributed by atoms with van der Waals surface area (Å²) in [6.45, 7) is 0.187. The molecule has 2 aromatic rings. The largest absolute Gasteiger partial charge is 0.417 e. The van der Waals surface area contributed by atoms with Gasteiger partial charge in [-0.2, -0.15) is 13.2 Å².